The molecular formula is C19H20N4O. The Bertz CT molecular complexity index is 835. The van der Waals surface area contributed by atoms with Crippen molar-refractivity contribution in [1.82, 2.24) is 14.9 Å². The van der Waals surface area contributed by atoms with E-state index in [-0.39, 0.29) is 12.1 Å². The van der Waals surface area contributed by atoms with E-state index in [1.165, 1.54) is 5.56 Å². The Balaban J connectivity index is 1.55. The Morgan fingerprint density at radius 3 is 2.79 bits per heavy atom. The van der Waals surface area contributed by atoms with Crippen LogP contribution in [0.1, 0.15) is 30.3 Å². The highest BCUT2D eigenvalue weighted by Gasteiger charge is 2.32. The maximum atomic E-state index is 12.7. The molecule has 2 heterocycles. The number of fused-ring (bicyclic) bond motifs is 1. The molecular weight excluding hydrogens is 300 g/mol. The summed E-state index contributed by atoms with van der Waals surface area (Å²) in [6, 6.07) is 15.7. The highest BCUT2D eigenvalue weighted by Crippen LogP contribution is 2.31. The van der Waals surface area contributed by atoms with Crippen LogP contribution < -0.4 is 5.32 Å². The van der Waals surface area contributed by atoms with Crippen molar-refractivity contribution < 1.29 is 4.79 Å². The fraction of sp³-hybridized carbons (Fsp3) is 0.263. The molecule has 1 aromatic heterocycles. The van der Waals surface area contributed by atoms with E-state index in [1.807, 2.05) is 60.4 Å². The third-order valence-electron chi connectivity index (χ3n) is 4.54. The summed E-state index contributed by atoms with van der Waals surface area (Å²) >= 11 is 0. The van der Waals surface area contributed by atoms with Gasteiger partial charge in [-0.1, -0.05) is 29.8 Å². The van der Waals surface area contributed by atoms with Gasteiger partial charge < -0.3 is 15.2 Å². The lowest BCUT2D eigenvalue weighted by molar-refractivity contribution is 0.205. The number of hydrogen-bond acceptors (Lipinski definition) is 2. The van der Waals surface area contributed by atoms with Gasteiger partial charge in [-0.05, 0) is 44.0 Å². The molecule has 1 aliphatic heterocycles. The maximum Gasteiger partial charge on any atom is 0.322 e. The first-order chi connectivity index (χ1) is 11.7. The first-order valence-electron chi connectivity index (χ1n) is 8.30. The van der Waals surface area contributed by atoms with E-state index in [1.54, 1.807) is 0 Å². The van der Waals surface area contributed by atoms with Gasteiger partial charge in [0.1, 0.15) is 5.82 Å². The first kappa shape index (κ1) is 14.8. The van der Waals surface area contributed by atoms with Crippen molar-refractivity contribution >= 4 is 22.8 Å². The minimum Gasteiger partial charge on any atom is -0.340 e. The molecule has 4 rings (SSSR count). The van der Waals surface area contributed by atoms with Gasteiger partial charge in [0.2, 0.25) is 0 Å². The molecule has 1 saturated heterocycles. The van der Waals surface area contributed by atoms with Crippen LogP contribution in [0.3, 0.4) is 0 Å². The van der Waals surface area contributed by atoms with Gasteiger partial charge in [-0.25, -0.2) is 9.78 Å². The molecule has 1 atom stereocenters. The molecule has 1 unspecified atom stereocenters. The summed E-state index contributed by atoms with van der Waals surface area (Å²) < 4.78 is 0. The van der Waals surface area contributed by atoms with Gasteiger partial charge in [-0.3, -0.25) is 0 Å². The second kappa shape index (κ2) is 6.00. The number of nitrogens with one attached hydrogen (secondary N) is 2. The zero-order chi connectivity index (χ0) is 16.5. The number of likely N-dealkylation sites (tertiary alicyclic amines) is 1. The van der Waals surface area contributed by atoms with Gasteiger partial charge in [0.25, 0.3) is 0 Å². The summed E-state index contributed by atoms with van der Waals surface area (Å²) in [5, 5.41) is 2.99. The monoisotopic (exact) mass is 320 g/mol. The number of hydrogen-bond donors (Lipinski definition) is 2. The molecule has 122 valence electrons. The van der Waals surface area contributed by atoms with Crippen molar-refractivity contribution in [2.75, 3.05) is 11.9 Å². The Hall–Kier alpha value is -2.82. The number of nitrogens with zero attached hydrogens (tertiary/aromatic N) is 2. The average molecular weight is 320 g/mol. The van der Waals surface area contributed by atoms with E-state index >= 15 is 0 Å². The zero-order valence-corrected chi connectivity index (χ0v) is 13.6. The van der Waals surface area contributed by atoms with Crippen LogP contribution in [0.25, 0.3) is 11.0 Å². The second-order valence-corrected chi connectivity index (χ2v) is 6.29. The summed E-state index contributed by atoms with van der Waals surface area (Å²) in [6.07, 6.45) is 1.92. The predicted octanol–water partition coefficient (Wildman–Crippen LogP) is 4.24. The molecule has 2 aromatic carbocycles. The van der Waals surface area contributed by atoms with Crippen LogP contribution in [0.2, 0.25) is 0 Å². The molecule has 2 amide bonds. The van der Waals surface area contributed by atoms with Crippen molar-refractivity contribution in [3.8, 4) is 0 Å². The van der Waals surface area contributed by atoms with Crippen LogP contribution in [0.4, 0.5) is 10.5 Å². The Morgan fingerprint density at radius 1 is 1.21 bits per heavy atom. The summed E-state index contributed by atoms with van der Waals surface area (Å²) in [7, 11) is 0. The van der Waals surface area contributed by atoms with E-state index in [0.29, 0.717) is 0 Å². The Kier molecular flexibility index (Phi) is 3.69. The van der Waals surface area contributed by atoms with Crippen LogP contribution in [0.15, 0.2) is 48.5 Å². The molecule has 5 nitrogen and oxygen atoms in total. The third kappa shape index (κ3) is 2.73. The molecule has 2 N–H and O–H groups in total. The topological polar surface area (TPSA) is 61.0 Å². The quantitative estimate of drug-likeness (QED) is 0.742. The number of benzene rings is 2. The molecule has 0 aliphatic carbocycles. The van der Waals surface area contributed by atoms with Crippen LogP contribution in [0, 0.1) is 6.92 Å². The number of carbonyl (C=O) groups is 1. The van der Waals surface area contributed by atoms with E-state index in [4.69, 9.17) is 0 Å². The number of imidazole rings is 1. The number of anilines is 1. The minimum atomic E-state index is -0.0678. The van der Waals surface area contributed by atoms with E-state index in [9.17, 15) is 4.79 Å². The fourth-order valence-electron chi connectivity index (χ4n) is 3.26. The normalized spacial score (nSPS) is 17.4. The molecule has 0 saturated carbocycles. The van der Waals surface area contributed by atoms with Crippen LogP contribution in [-0.4, -0.2) is 27.4 Å². The second-order valence-electron chi connectivity index (χ2n) is 6.29. The highest BCUT2D eigenvalue weighted by molar-refractivity contribution is 5.89. The van der Waals surface area contributed by atoms with E-state index in [2.05, 4.69) is 15.3 Å². The zero-order valence-electron chi connectivity index (χ0n) is 13.6. The molecule has 24 heavy (non-hydrogen) atoms. The fourth-order valence-corrected chi connectivity index (χ4v) is 3.26. The summed E-state index contributed by atoms with van der Waals surface area (Å²) in [6.45, 7) is 2.78. The molecule has 1 fully saturated rings. The van der Waals surface area contributed by atoms with Crippen molar-refractivity contribution in [1.29, 1.82) is 0 Å². The molecule has 5 heteroatoms. The van der Waals surface area contributed by atoms with Gasteiger partial charge in [-0.15, -0.1) is 0 Å². The number of amides is 2. The van der Waals surface area contributed by atoms with Gasteiger partial charge in [0.05, 0.1) is 17.1 Å². The summed E-state index contributed by atoms with van der Waals surface area (Å²) in [5.41, 5.74) is 3.95. The van der Waals surface area contributed by atoms with Gasteiger partial charge >= 0.3 is 6.03 Å². The van der Waals surface area contributed by atoms with E-state index < -0.39 is 0 Å². The number of rotatable bonds is 2. The number of aromatic amines is 1. The first-order valence-corrected chi connectivity index (χ1v) is 8.30. The smallest absolute Gasteiger partial charge is 0.322 e. The van der Waals surface area contributed by atoms with Gasteiger partial charge in [-0.2, -0.15) is 0 Å². The lowest BCUT2D eigenvalue weighted by atomic mass is 10.2. The van der Waals surface area contributed by atoms with Crippen LogP contribution in [-0.2, 0) is 0 Å². The highest BCUT2D eigenvalue weighted by atomic mass is 16.2. The minimum absolute atomic E-state index is 0.00264. The summed E-state index contributed by atoms with van der Waals surface area (Å²) in [4.78, 5) is 22.6. The average Bonchev–Trinajstić information content (AvgIpc) is 3.23. The largest absolute Gasteiger partial charge is 0.340 e. The Morgan fingerprint density at radius 2 is 2.00 bits per heavy atom. The van der Waals surface area contributed by atoms with Crippen molar-refractivity contribution in [2.45, 2.75) is 25.8 Å². The van der Waals surface area contributed by atoms with Crippen LogP contribution >= 0.6 is 0 Å². The number of carbonyl (C=O) groups excluding carboxylic acids is 1. The van der Waals surface area contributed by atoms with Gasteiger partial charge in [0, 0.05) is 12.2 Å². The number of H-pyrrole nitrogens is 1. The SMILES string of the molecule is Cc1ccc(NC(=O)N2CCCC2c2nc3ccccc3[nH]2)cc1. The maximum absolute atomic E-state index is 12.7. The van der Waals surface area contributed by atoms with Crippen molar-refractivity contribution in [3.05, 3.63) is 59.9 Å². The van der Waals surface area contributed by atoms with Crippen molar-refractivity contribution in [3.63, 3.8) is 0 Å². The van der Waals surface area contributed by atoms with Crippen molar-refractivity contribution in [2.24, 2.45) is 0 Å². The molecule has 3 aromatic rings. The number of aromatic nitrogens is 2. The Labute approximate surface area is 140 Å². The molecule has 0 bridgehead atoms. The molecule has 0 radical (unpaired) electrons. The standard InChI is InChI=1S/C19H20N4O/c1-13-8-10-14(11-9-13)20-19(24)23-12-4-7-17(23)18-21-15-5-2-3-6-16(15)22-18/h2-3,5-6,8-11,17H,4,7,12H2,1H3,(H,20,24)(H,21,22). The van der Waals surface area contributed by atoms with Crippen LogP contribution in [0.5, 0.6) is 0 Å². The lowest BCUT2D eigenvalue weighted by Gasteiger charge is -2.23. The molecule has 0 spiro atoms. The molecule has 1 aliphatic rings. The number of urea groups is 1. The van der Waals surface area contributed by atoms with Gasteiger partial charge in [0.15, 0.2) is 0 Å². The third-order valence-corrected chi connectivity index (χ3v) is 4.54. The summed E-state index contributed by atoms with van der Waals surface area (Å²) in [5.74, 6) is 0.868. The number of aryl methyl sites for hydroxylation is 1. The van der Waals surface area contributed by atoms with E-state index in [0.717, 1.165) is 41.9 Å². The predicted molar refractivity (Wildman–Crippen MR) is 95.0 cm³/mol. The number of para-hydroxylation sites is 2. The lowest BCUT2D eigenvalue weighted by Crippen LogP contribution is -2.34.